The summed E-state index contributed by atoms with van der Waals surface area (Å²) in [5.74, 6) is 0. The molecule has 0 radical (unpaired) electrons. The monoisotopic (exact) mass is 317 g/mol. The summed E-state index contributed by atoms with van der Waals surface area (Å²) >= 11 is 0. The van der Waals surface area contributed by atoms with Gasteiger partial charge in [-0.1, -0.05) is 6.92 Å². The predicted molar refractivity (Wildman–Crippen MR) is 78.5 cm³/mol. The zero-order valence-electron chi connectivity index (χ0n) is 12.4. The van der Waals surface area contributed by atoms with Gasteiger partial charge in [0, 0.05) is 45.1 Å². The van der Waals surface area contributed by atoms with E-state index in [0.29, 0.717) is 26.2 Å². The molecular weight excluding hydrogens is 294 g/mol. The molecule has 1 aliphatic rings. The predicted octanol–water partition coefficient (Wildman–Crippen LogP) is 0.208. The Morgan fingerprint density at radius 3 is 2.95 bits per heavy atom. The van der Waals surface area contributed by atoms with Crippen molar-refractivity contribution in [2.45, 2.75) is 30.4 Å². The molecule has 1 atom stereocenters. The maximum Gasteiger partial charge on any atom is 0.242 e. The molecule has 2 heterocycles. The van der Waals surface area contributed by atoms with Crippen molar-refractivity contribution >= 4 is 10.0 Å². The van der Waals surface area contributed by atoms with E-state index in [1.807, 2.05) is 6.92 Å². The van der Waals surface area contributed by atoms with Crippen LogP contribution >= 0.6 is 0 Å². The molecule has 1 aliphatic heterocycles. The standard InChI is InChI=1S/C13H23N3O4S/c1-3-14-7-11-6-12(8-15-11)21(17,18)16-9-13(19-2)4-5-20-10-13/h6,8,14-16H,3-5,7,9-10H2,1-2H3. The van der Waals surface area contributed by atoms with Crippen LogP contribution in [-0.2, 0) is 26.0 Å². The molecule has 0 saturated carbocycles. The van der Waals surface area contributed by atoms with Crippen molar-refractivity contribution in [2.75, 3.05) is 33.4 Å². The number of hydrogen-bond acceptors (Lipinski definition) is 5. The van der Waals surface area contributed by atoms with Gasteiger partial charge in [-0.15, -0.1) is 0 Å². The van der Waals surface area contributed by atoms with Crippen LogP contribution in [0.4, 0.5) is 0 Å². The Hall–Kier alpha value is -0.930. The largest absolute Gasteiger partial charge is 0.378 e. The van der Waals surface area contributed by atoms with Gasteiger partial charge in [0.05, 0.1) is 11.5 Å². The van der Waals surface area contributed by atoms with Gasteiger partial charge in [0.2, 0.25) is 10.0 Å². The molecule has 1 aromatic heterocycles. The summed E-state index contributed by atoms with van der Waals surface area (Å²) < 4.78 is 37.9. The fourth-order valence-electron chi connectivity index (χ4n) is 2.21. The van der Waals surface area contributed by atoms with Crippen LogP contribution in [0.15, 0.2) is 17.2 Å². The van der Waals surface area contributed by atoms with Gasteiger partial charge in [-0.05, 0) is 12.6 Å². The summed E-state index contributed by atoms with van der Waals surface area (Å²) in [7, 11) is -1.97. The molecule has 0 bridgehead atoms. The average molecular weight is 317 g/mol. The number of rotatable bonds is 8. The lowest BCUT2D eigenvalue weighted by Gasteiger charge is -2.25. The van der Waals surface area contributed by atoms with Crippen molar-refractivity contribution in [1.82, 2.24) is 15.0 Å². The number of aromatic nitrogens is 1. The maximum absolute atomic E-state index is 12.3. The highest BCUT2D eigenvalue weighted by Gasteiger charge is 2.36. The Morgan fingerprint density at radius 1 is 1.52 bits per heavy atom. The van der Waals surface area contributed by atoms with Crippen LogP contribution in [0.2, 0.25) is 0 Å². The number of sulfonamides is 1. The topological polar surface area (TPSA) is 92.5 Å². The van der Waals surface area contributed by atoms with Crippen molar-refractivity contribution in [1.29, 1.82) is 0 Å². The molecular formula is C13H23N3O4S. The third-order valence-electron chi connectivity index (χ3n) is 3.68. The zero-order chi connectivity index (χ0) is 15.3. The van der Waals surface area contributed by atoms with Gasteiger partial charge in [-0.25, -0.2) is 13.1 Å². The van der Waals surface area contributed by atoms with Crippen LogP contribution in [-0.4, -0.2) is 52.4 Å². The fraction of sp³-hybridized carbons (Fsp3) is 0.692. The van der Waals surface area contributed by atoms with Crippen molar-refractivity contribution in [3.8, 4) is 0 Å². The lowest BCUT2D eigenvalue weighted by atomic mass is 10.0. The summed E-state index contributed by atoms with van der Waals surface area (Å²) in [5, 5.41) is 3.14. The van der Waals surface area contributed by atoms with Crippen LogP contribution in [0.1, 0.15) is 19.0 Å². The Labute approximate surface area is 125 Å². The van der Waals surface area contributed by atoms with E-state index in [1.165, 1.54) is 6.20 Å². The number of nitrogens with one attached hydrogen (secondary N) is 3. The van der Waals surface area contributed by atoms with Gasteiger partial charge in [0.1, 0.15) is 5.60 Å². The molecule has 21 heavy (non-hydrogen) atoms. The van der Waals surface area contributed by atoms with Crippen LogP contribution in [0.3, 0.4) is 0 Å². The molecule has 0 amide bonds. The summed E-state index contributed by atoms with van der Waals surface area (Å²) in [5.41, 5.74) is 0.276. The van der Waals surface area contributed by atoms with Crippen molar-refractivity contribution in [2.24, 2.45) is 0 Å². The van der Waals surface area contributed by atoms with Crippen LogP contribution < -0.4 is 10.0 Å². The highest BCUT2D eigenvalue weighted by molar-refractivity contribution is 7.89. The Morgan fingerprint density at radius 2 is 2.33 bits per heavy atom. The van der Waals surface area contributed by atoms with Gasteiger partial charge in [-0.2, -0.15) is 0 Å². The van der Waals surface area contributed by atoms with Gasteiger partial charge in [-0.3, -0.25) is 0 Å². The second kappa shape index (κ2) is 6.89. The number of aromatic amines is 1. The number of hydrogen-bond donors (Lipinski definition) is 3. The van der Waals surface area contributed by atoms with E-state index in [4.69, 9.17) is 9.47 Å². The molecule has 3 N–H and O–H groups in total. The molecule has 8 heteroatoms. The van der Waals surface area contributed by atoms with Crippen molar-refractivity contribution in [3.05, 3.63) is 18.0 Å². The van der Waals surface area contributed by atoms with Crippen molar-refractivity contribution < 1.29 is 17.9 Å². The smallest absolute Gasteiger partial charge is 0.242 e. The first-order chi connectivity index (χ1) is 10.0. The highest BCUT2D eigenvalue weighted by atomic mass is 32.2. The van der Waals surface area contributed by atoms with Gasteiger partial charge < -0.3 is 19.8 Å². The summed E-state index contributed by atoms with van der Waals surface area (Å²) in [6.45, 7) is 4.64. The van der Waals surface area contributed by atoms with Crippen LogP contribution in [0.25, 0.3) is 0 Å². The second-order valence-corrected chi connectivity index (χ2v) is 6.92. The minimum atomic E-state index is -3.54. The molecule has 0 aromatic carbocycles. The molecule has 1 aromatic rings. The number of H-pyrrole nitrogens is 1. The van der Waals surface area contributed by atoms with Gasteiger partial charge in [0.25, 0.3) is 0 Å². The SMILES string of the molecule is CCNCc1cc(S(=O)(=O)NCC2(OC)CCOC2)c[nH]1. The normalized spacial score (nSPS) is 22.8. The van der Waals surface area contributed by atoms with Crippen LogP contribution in [0.5, 0.6) is 0 Å². The molecule has 0 aliphatic carbocycles. The minimum Gasteiger partial charge on any atom is -0.378 e. The van der Waals surface area contributed by atoms with E-state index in [0.717, 1.165) is 12.2 Å². The van der Waals surface area contributed by atoms with Crippen molar-refractivity contribution in [3.63, 3.8) is 0 Å². The van der Waals surface area contributed by atoms with Crippen LogP contribution in [0, 0.1) is 0 Å². The summed E-state index contributed by atoms with van der Waals surface area (Å²) in [4.78, 5) is 3.20. The van der Waals surface area contributed by atoms with E-state index in [1.54, 1.807) is 13.2 Å². The quantitative estimate of drug-likeness (QED) is 0.637. The minimum absolute atomic E-state index is 0.208. The van der Waals surface area contributed by atoms with E-state index in [-0.39, 0.29) is 11.4 Å². The third kappa shape index (κ3) is 4.04. The third-order valence-corrected chi connectivity index (χ3v) is 5.06. The molecule has 1 unspecified atom stereocenters. The molecule has 1 fully saturated rings. The molecule has 2 rings (SSSR count). The molecule has 7 nitrogen and oxygen atoms in total. The molecule has 0 spiro atoms. The summed E-state index contributed by atoms with van der Waals surface area (Å²) in [6.07, 6.45) is 2.18. The molecule has 120 valence electrons. The van der Waals surface area contributed by atoms with E-state index in [2.05, 4.69) is 15.0 Å². The lowest BCUT2D eigenvalue weighted by Crippen LogP contribution is -2.44. The molecule has 1 saturated heterocycles. The van der Waals surface area contributed by atoms with E-state index in [9.17, 15) is 8.42 Å². The average Bonchev–Trinajstić information content (AvgIpc) is 3.13. The Kier molecular flexibility index (Phi) is 5.39. The lowest BCUT2D eigenvalue weighted by molar-refractivity contribution is -0.0120. The fourth-order valence-corrected chi connectivity index (χ4v) is 3.34. The highest BCUT2D eigenvalue weighted by Crippen LogP contribution is 2.22. The van der Waals surface area contributed by atoms with E-state index < -0.39 is 15.6 Å². The maximum atomic E-state index is 12.3. The Bertz CT molecular complexity index is 550. The first-order valence-electron chi connectivity index (χ1n) is 7.02. The van der Waals surface area contributed by atoms with Gasteiger partial charge >= 0.3 is 0 Å². The number of ether oxygens (including phenoxy) is 2. The summed E-state index contributed by atoms with van der Waals surface area (Å²) in [6, 6.07) is 1.63. The number of methoxy groups -OCH3 is 1. The van der Waals surface area contributed by atoms with E-state index >= 15 is 0 Å². The van der Waals surface area contributed by atoms with Gasteiger partial charge in [0.15, 0.2) is 0 Å². The first kappa shape index (κ1) is 16.4. The first-order valence-corrected chi connectivity index (χ1v) is 8.50. The Balaban J connectivity index is 1.99. The second-order valence-electron chi connectivity index (χ2n) is 5.16. The zero-order valence-corrected chi connectivity index (χ0v) is 13.3.